The Balaban J connectivity index is 3.34. The maximum atomic E-state index is 12.7. The van der Waals surface area contributed by atoms with Crippen LogP contribution in [0.4, 0.5) is 10.1 Å². The van der Waals surface area contributed by atoms with Crippen LogP contribution in [0.25, 0.3) is 0 Å². The van der Waals surface area contributed by atoms with Crippen molar-refractivity contribution in [3.8, 4) is 6.07 Å². The molecule has 0 N–H and O–H groups in total. The molecule has 0 bridgehead atoms. The number of nitriles is 1. The molecule has 0 aromatic carbocycles. The fraction of sp³-hybridized carbons (Fsp3) is 0.400. The monoisotopic (exact) mass is 223 g/mol. The zero-order valence-electron chi connectivity index (χ0n) is 8.90. The van der Waals surface area contributed by atoms with Crippen molar-refractivity contribution in [1.29, 1.82) is 5.26 Å². The first-order valence-electron chi connectivity index (χ1n) is 4.53. The van der Waals surface area contributed by atoms with Gasteiger partial charge in [0.25, 0.3) is 5.69 Å². The Morgan fingerprint density at radius 3 is 2.75 bits per heavy atom. The summed E-state index contributed by atoms with van der Waals surface area (Å²) in [5, 5.41) is 19.4. The molecule has 84 valence electrons. The van der Waals surface area contributed by atoms with Gasteiger partial charge in [-0.2, -0.15) is 5.26 Å². The number of rotatable bonds is 3. The van der Waals surface area contributed by atoms with Crippen LogP contribution in [0.2, 0.25) is 0 Å². The van der Waals surface area contributed by atoms with E-state index in [4.69, 9.17) is 5.26 Å². The molecule has 1 rings (SSSR count). The molecule has 0 atom stereocenters. The van der Waals surface area contributed by atoms with Crippen molar-refractivity contribution in [2.24, 2.45) is 0 Å². The average molecular weight is 223 g/mol. The van der Waals surface area contributed by atoms with Crippen LogP contribution in [0, 0.1) is 21.4 Å². The Labute approximate surface area is 91.7 Å². The molecule has 0 spiro atoms. The SMILES string of the molecule is CC(C)(C#N)c1ncc([N+](=O)[O-])cc1CF. The van der Waals surface area contributed by atoms with Gasteiger partial charge in [-0.25, -0.2) is 4.39 Å². The van der Waals surface area contributed by atoms with E-state index >= 15 is 0 Å². The molecule has 0 fully saturated rings. The Kier molecular flexibility index (Phi) is 3.18. The first-order chi connectivity index (χ1) is 7.42. The predicted molar refractivity (Wildman–Crippen MR) is 54.3 cm³/mol. The van der Waals surface area contributed by atoms with Crippen LogP contribution in [0.15, 0.2) is 12.3 Å². The molecule has 1 aromatic heterocycles. The van der Waals surface area contributed by atoms with Gasteiger partial charge in [-0.3, -0.25) is 15.1 Å². The molecular formula is C10H10FN3O2. The lowest BCUT2D eigenvalue weighted by molar-refractivity contribution is -0.385. The largest absolute Gasteiger partial charge is 0.287 e. The molecule has 5 nitrogen and oxygen atoms in total. The molecule has 0 saturated carbocycles. The molecule has 0 amide bonds. The highest BCUT2D eigenvalue weighted by atomic mass is 19.1. The van der Waals surface area contributed by atoms with Crippen LogP contribution >= 0.6 is 0 Å². The van der Waals surface area contributed by atoms with E-state index in [0.717, 1.165) is 12.3 Å². The number of alkyl halides is 1. The summed E-state index contributed by atoms with van der Waals surface area (Å²) in [6.45, 7) is 2.29. The van der Waals surface area contributed by atoms with Gasteiger partial charge in [0, 0.05) is 11.6 Å². The lowest BCUT2D eigenvalue weighted by atomic mass is 9.88. The van der Waals surface area contributed by atoms with Crippen molar-refractivity contribution in [2.75, 3.05) is 0 Å². The van der Waals surface area contributed by atoms with E-state index in [0.29, 0.717) is 0 Å². The van der Waals surface area contributed by atoms with E-state index in [9.17, 15) is 14.5 Å². The van der Waals surface area contributed by atoms with Crippen LogP contribution in [0.5, 0.6) is 0 Å². The second kappa shape index (κ2) is 4.23. The molecule has 0 aliphatic heterocycles. The zero-order valence-corrected chi connectivity index (χ0v) is 8.90. The van der Waals surface area contributed by atoms with E-state index < -0.39 is 17.0 Å². The van der Waals surface area contributed by atoms with Crippen LogP contribution in [0.1, 0.15) is 25.1 Å². The third-order valence-corrected chi connectivity index (χ3v) is 2.18. The molecule has 16 heavy (non-hydrogen) atoms. The standard InChI is InChI=1S/C10H10FN3O2/c1-10(2,6-12)9-7(4-11)3-8(5-13-9)14(15)16/h3,5H,4H2,1-2H3. The highest BCUT2D eigenvalue weighted by Gasteiger charge is 2.26. The first kappa shape index (κ1) is 12.0. The minimum Gasteiger partial charge on any atom is -0.258 e. The maximum Gasteiger partial charge on any atom is 0.287 e. The third-order valence-electron chi connectivity index (χ3n) is 2.18. The van der Waals surface area contributed by atoms with E-state index in [1.807, 2.05) is 6.07 Å². The number of aromatic nitrogens is 1. The second-order valence-corrected chi connectivity index (χ2v) is 3.83. The van der Waals surface area contributed by atoms with E-state index in [2.05, 4.69) is 4.98 Å². The van der Waals surface area contributed by atoms with Gasteiger partial charge >= 0.3 is 0 Å². The van der Waals surface area contributed by atoms with Gasteiger partial charge in [-0.15, -0.1) is 0 Å². The molecule has 0 aliphatic rings. The first-order valence-corrected chi connectivity index (χ1v) is 4.53. The van der Waals surface area contributed by atoms with Crippen molar-refractivity contribution in [3.05, 3.63) is 33.6 Å². The minimum atomic E-state index is -0.962. The quantitative estimate of drug-likeness (QED) is 0.581. The Morgan fingerprint density at radius 2 is 2.31 bits per heavy atom. The smallest absolute Gasteiger partial charge is 0.258 e. The van der Waals surface area contributed by atoms with Crippen LogP contribution < -0.4 is 0 Å². The fourth-order valence-corrected chi connectivity index (χ4v) is 1.32. The Bertz CT molecular complexity index is 466. The lowest BCUT2D eigenvalue weighted by Crippen LogP contribution is -2.18. The van der Waals surface area contributed by atoms with Crippen LogP contribution in [-0.4, -0.2) is 9.91 Å². The summed E-state index contributed by atoms with van der Waals surface area (Å²) in [6.07, 6.45) is 1.04. The van der Waals surface area contributed by atoms with Gasteiger partial charge in [0.05, 0.1) is 22.1 Å². The number of hydrogen-bond donors (Lipinski definition) is 0. The Morgan fingerprint density at radius 1 is 1.69 bits per heavy atom. The molecule has 1 heterocycles. The number of hydrogen-bond acceptors (Lipinski definition) is 4. The highest BCUT2D eigenvalue weighted by Crippen LogP contribution is 2.26. The van der Waals surface area contributed by atoms with Crippen molar-refractivity contribution < 1.29 is 9.31 Å². The van der Waals surface area contributed by atoms with E-state index in [1.54, 1.807) is 13.8 Å². The van der Waals surface area contributed by atoms with Gasteiger partial charge < -0.3 is 0 Å². The molecule has 0 aliphatic carbocycles. The summed E-state index contributed by atoms with van der Waals surface area (Å²) < 4.78 is 12.7. The molecule has 0 radical (unpaired) electrons. The van der Waals surface area contributed by atoms with Gasteiger partial charge in [0.2, 0.25) is 0 Å². The number of halogens is 1. The van der Waals surface area contributed by atoms with Crippen LogP contribution in [-0.2, 0) is 12.1 Å². The summed E-state index contributed by atoms with van der Waals surface area (Å²) in [4.78, 5) is 13.6. The third kappa shape index (κ3) is 2.14. The fourth-order valence-electron chi connectivity index (χ4n) is 1.32. The molecule has 6 heteroatoms. The van der Waals surface area contributed by atoms with Gasteiger partial charge in [-0.1, -0.05) is 0 Å². The van der Waals surface area contributed by atoms with Crippen molar-refractivity contribution in [3.63, 3.8) is 0 Å². The molecule has 1 aromatic rings. The molecule has 0 unspecified atom stereocenters. The zero-order chi connectivity index (χ0) is 12.3. The maximum absolute atomic E-state index is 12.7. The number of pyridine rings is 1. The van der Waals surface area contributed by atoms with E-state index in [-0.39, 0.29) is 16.9 Å². The second-order valence-electron chi connectivity index (χ2n) is 3.83. The molecular weight excluding hydrogens is 213 g/mol. The predicted octanol–water partition coefficient (Wildman–Crippen LogP) is 2.26. The normalized spacial score (nSPS) is 10.9. The minimum absolute atomic E-state index is 0.0840. The molecule has 0 saturated heterocycles. The van der Waals surface area contributed by atoms with Crippen LogP contribution in [0.3, 0.4) is 0 Å². The van der Waals surface area contributed by atoms with Gasteiger partial charge in [0.1, 0.15) is 12.9 Å². The topological polar surface area (TPSA) is 79.8 Å². The van der Waals surface area contributed by atoms with Crippen molar-refractivity contribution in [1.82, 2.24) is 4.98 Å². The van der Waals surface area contributed by atoms with Crippen molar-refractivity contribution >= 4 is 5.69 Å². The summed E-state index contributed by atoms with van der Waals surface area (Å²) in [5.74, 6) is 0. The average Bonchev–Trinajstić information content (AvgIpc) is 2.28. The van der Waals surface area contributed by atoms with E-state index in [1.165, 1.54) is 0 Å². The summed E-state index contributed by atoms with van der Waals surface area (Å²) in [7, 11) is 0. The number of nitrogens with zero attached hydrogens (tertiary/aromatic N) is 3. The van der Waals surface area contributed by atoms with Crippen molar-refractivity contribution in [2.45, 2.75) is 25.9 Å². The Hall–Kier alpha value is -2.03. The highest BCUT2D eigenvalue weighted by molar-refractivity contribution is 5.39. The summed E-state index contributed by atoms with van der Waals surface area (Å²) in [5.41, 5.74) is -0.912. The van der Waals surface area contributed by atoms with Gasteiger partial charge in [-0.05, 0) is 13.8 Å². The summed E-state index contributed by atoms with van der Waals surface area (Å²) in [6, 6.07) is 3.09. The summed E-state index contributed by atoms with van der Waals surface area (Å²) >= 11 is 0. The van der Waals surface area contributed by atoms with Gasteiger partial charge in [0.15, 0.2) is 0 Å². The lowest BCUT2D eigenvalue weighted by Gasteiger charge is -2.16. The number of nitro groups is 1.